The van der Waals surface area contributed by atoms with Gasteiger partial charge in [-0.05, 0) is 30.3 Å². The van der Waals surface area contributed by atoms with E-state index in [1.165, 1.54) is 16.6 Å². The molecule has 2 heterocycles. The van der Waals surface area contributed by atoms with Crippen molar-refractivity contribution in [2.24, 2.45) is 0 Å². The summed E-state index contributed by atoms with van der Waals surface area (Å²) in [4.78, 5) is 14.6. The summed E-state index contributed by atoms with van der Waals surface area (Å²) < 4.78 is 30.8. The fourth-order valence-electron chi connectivity index (χ4n) is 3.65. The molecule has 0 atom stereocenters. The molecule has 8 heteroatoms. The molecular weight excluding hydrogens is 426 g/mol. The molecule has 2 aromatic carbocycles. The van der Waals surface area contributed by atoms with Gasteiger partial charge < -0.3 is 14.6 Å². The molecule has 3 aromatic rings. The number of carbonyl (C=O) groups excluding carboxylic acids is 1. The van der Waals surface area contributed by atoms with Crippen molar-refractivity contribution in [1.82, 2.24) is 4.31 Å². The first-order chi connectivity index (χ1) is 15.4. The largest absolute Gasteiger partial charge is 0.457 e. The average Bonchev–Trinajstić information content (AvgIpc) is 3.27. The number of piperazine rings is 1. The van der Waals surface area contributed by atoms with Crippen LogP contribution >= 0.6 is 0 Å². The van der Waals surface area contributed by atoms with Gasteiger partial charge in [0.2, 0.25) is 15.9 Å². The summed E-state index contributed by atoms with van der Waals surface area (Å²) in [6.07, 6.45) is 4.30. The molecule has 1 amide bonds. The lowest BCUT2D eigenvalue weighted by atomic mass is 10.2. The summed E-state index contributed by atoms with van der Waals surface area (Å²) in [6.45, 7) is 1.96. The molecule has 1 aliphatic heterocycles. The van der Waals surface area contributed by atoms with E-state index in [1.54, 1.807) is 6.08 Å². The van der Waals surface area contributed by atoms with Crippen molar-refractivity contribution in [2.45, 2.75) is 0 Å². The van der Waals surface area contributed by atoms with E-state index in [9.17, 15) is 13.2 Å². The van der Waals surface area contributed by atoms with Crippen molar-refractivity contribution in [3.05, 3.63) is 78.6 Å². The number of hydrogen-bond donors (Lipinski definition) is 1. The molecular formula is C24H25N3O4S. The Morgan fingerprint density at radius 2 is 1.62 bits per heavy atom. The number of nitrogens with one attached hydrogen (secondary N) is 1. The maximum atomic E-state index is 12.5. The molecule has 0 bridgehead atoms. The third kappa shape index (κ3) is 5.27. The molecule has 1 aliphatic rings. The fraction of sp³-hybridized carbons (Fsp3) is 0.208. The van der Waals surface area contributed by atoms with E-state index in [4.69, 9.17) is 4.42 Å². The normalized spacial score (nSPS) is 15.2. The third-order valence-electron chi connectivity index (χ3n) is 5.29. The van der Waals surface area contributed by atoms with Crippen LogP contribution < -0.4 is 10.2 Å². The van der Waals surface area contributed by atoms with Crippen molar-refractivity contribution < 1.29 is 17.6 Å². The highest BCUT2D eigenvalue weighted by atomic mass is 32.2. The molecule has 1 aromatic heterocycles. The maximum absolute atomic E-state index is 12.5. The summed E-state index contributed by atoms with van der Waals surface area (Å²) in [6, 6.07) is 21.0. The molecule has 0 aliphatic carbocycles. The topological polar surface area (TPSA) is 82.9 Å². The predicted molar refractivity (Wildman–Crippen MR) is 127 cm³/mol. The molecule has 1 N–H and O–H groups in total. The van der Waals surface area contributed by atoms with Gasteiger partial charge in [-0.15, -0.1) is 0 Å². The van der Waals surface area contributed by atoms with Gasteiger partial charge in [0.1, 0.15) is 11.5 Å². The fourth-order valence-corrected chi connectivity index (χ4v) is 4.47. The van der Waals surface area contributed by atoms with Crippen LogP contribution in [0, 0.1) is 0 Å². The van der Waals surface area contributed by atoms with E-state index in [1.807, 2.05) is 66.7 Å². The third-order valence-corrected chi connectivity index (χ3v) is 6.60. The van der Waals surface area contributed by atoms with E-state index >= 15 is 0 Å². The zero-order chi connectivity index (χ0) is 22.6. The monoisotopic (exact) mass is 451 g/mol. The highest BCUT2D eigenvalue weighted by Crippen LogP contribution is 2.27. The smallest absolute Gasteiger partial charge is 0.248 e. The average molecular weight is 452 g/mol. The molecule has 166 valence electrons. The molecule has 0 radical (unpaired) electrons. The van der Waals surface area contributed by atoms with Gasteiger partial charge in [-0.1, -0.05) is 42.5 Å². The Morgan fingerprint density at radius 1 is 0.938 bits per heavy atom. The van der Waals surface area contributed by atoms with Gasteiger partial charge >= 0.3 is 0 Å². The lowest BCUT2D eigenvalue weighted by Gasteiger charge is -2.35. The van der Waals surface area contributed by atoms with Crippen LogP contribution in [0.2, 0.25) is 0 Å². The number of amides is 1. The molecule has 4 rings (SSSR count). The van der Waals surface area contributed by atoms with Gasteiger partial charge in [-0.25, -0.2) is 8.42 Å². The first-order valence-corrected chi connectivity index (χ1v) is 12.2. The lowest BCUT2D eigenvalue weighted by molar-refractivity contribution is -0.111. The van der Waals surface area contributed by atoms with Crippen LogP contribution in [0.15, 0.2) is 77.2 Å². The quantitative estimate of drug-likeness (QED) is 0.578. The maximum Gasteiger partial charge on any atom is 0.248 e. The van der Waals surface area contributed by atoms with E-state index < -0.39 is 10.0 Å². The number of furan rings is 1. The Hall–Kier alpha value is -3.36. The standard InChI is InChI=1S/C24H25N3O4S/c1-32(29,30)27-17-15-26(16-18-27)22-10-6-5-9-21(22)25-24(28)14-12-20-11-13-23(31-20)19-7-3-2-4-8-19/h2-14H,15-18H2,1H3,(H,25,28)/b14-12+. The van der Waals surface area contributed by atoms with Crippen molar-refractivity contribution >= 4 is 33.4 Å². The minimum Gasteiger partial charge on any atom is -0.457 e. The summed E-state index contributed by atoms with van der Waals surface area (Å²) in [7, 11) is -3.19. The van der Waals surface area contributed by atoms with Gasteiger partial charge in [-0.3, -0.25) is 4.79 Å². The zero-order valence-electron chi connectivity index (χ0n) is 17.8. The van der Waals surface area contributed by atoms with E-state index in [-0.39, 0.29) is 5.91 Å². The minimum atomic E-state index is -3.19. The van der Waals surface area contributed by atoms with Gasteiger partial charge in [0.15, 0.2) is 0 Å². The van der Waals surface area contributed by atoms with E-state index in [2.05, 4.69) is 10.2 Å². The van der Waals surface area contributed by atoms with Crippen molar-refractivity contribution in [1.29, 1.82) is 0 Å². The van der Waals surface area contributed by atoms with Crippen LogP contribution in [0.5, 0.6) is 0 Å². The summed E-state index contributed by atoms with van der Waals surface area (Å²) in [5.74, 6) is 1.05. The number of hydrogen-bond acceptors (Lipinski definition) is 5. The van der Waals surface area contributed by atoms with E-state index in [0.717, 1.165) is 17.0 Å². The number of sulfonamides is 1. The van der Waals surface area contributed by atoms with Crippen LogP contribution in [0.1, 0.15) is 5.76 Å². The zero-order valence-corrected chi connectivity index (χ0v) is 18.6. The van der Waals surface area contributed by atoms with Crippen molar-refractivity contribution in [2.75, 3.05) is 42.7 Å². The number of anilines is 2. The summed E-state index contributed by atoms with van der Waals surface area (Å²) in [5, 5.41) is 2.92. The van der Waals surface area contributed by atoms with Gasteiger partial charge in [0.05, 0.1) is 17.6 Å². The number of rotatable bonds is 6. The van der Waals surface area contributed by atoms with Crippen LogP contribution in [0.25, 0.3) is 17.4 Å². The first kappa shape index (κ1) is 21.9. The molecule has 1 fully saturated rings. The molecule has 0 saturated carbocycles. The molecule has 32 heavy (non-hydrogen) atoms. The number of carbonyl (C=O) groups is 1. The second kappa shape index (κ2) is 9.42. The highest BCUT2D eigenvalue weighted by Gasteiger charge is 2.24. The Balaban J connectivity index is 1.41. The Labute approximate surface area is 188 Å². The second-order valence-corrected chi connectivity index (χ2v) is 9.54. The van der Waals surface area contributed by atoms with Crippen molar-refractivity contribution in [3.63, 3.8) is 0 Å². The Kier molecular flexibility index (Phi) is 6.43. The summed E-state index contributed by atoms with van der Waals surface area (Å²) in [5.41, 5.74) is 2.52. The first-order valence-electron chi connectivity index (χ1n) is 10.3. The van der Waals surface area contributed by atoms with E-state index in [0.29, 0.717) is 37.6 Å². The number of benzene rings is 2. The summed E-state index contributed by atoms with van der Waals surface area (Å²) >= 11 is 0. The van der Waals surface area contributed by atoms with Gasteiger partial charge in [0.25, 0.3) is 0 Å². The van der Waals surface area contributed by atoms with Crippen LogP contribution in [0.3, 0.4) is 0 Å². The molecule has 0 unspecified atom stereocenters. The minimum absolute atomic E-state index is 0.273. The van der Waals surface area contributed by atoms with Crippen LogP contribution in [-0.4, -0.2) is 51.1 Å². The number of nitrogens with zero attached hydrogens (tertiary/aromatic N) is 2. The Morgan fingerprint density at radius 3 is 2.34 bits per heavy atom. The molecule has 1 saturated heterocycles. The van der Waals surface area contributed by atoms with Gasteiger partial charge in [0, 0.05) is 37.8 Å². The Bertz CT molecular complexity index is 1210. The SMILES string of the molecule is CS(=O)(=O)N1CCN(c2ccccc2NC(=O)/C=C/c2ccc(-c3ccccc3)o2)CC1. The van der Waals surface area contributed by atoms with Crippen LogP contribution in [0.4, 0.5) is 11.4 Å². The lowest BCUT2D eigenvalue weighted by Crippen LogP contribution is -2.48. The molecule has 0 spiro atoms. The highest BCUT2D eigenvalue weighted by molar-refractivity contribution is 7.88. The van der Waals surface area contributed by atoms with Crippen molar-refractivity contribution in [3.8, 4) is 11.3 Å². The predicted octanol–water partition coefficient (Wildman–Crippen LogP) is 3.68. The van der Waals surface area contributed by atoms with Crippen LogP contribution in [-0.2, 0) is 14.8 Å². The second-order valence-electron chi connectivity index (χ2n) is 7.56. The number of para-hydroxylation sites is 2. The molecule has 7 nitrogen and oxygen atoms in total. The van der Waals surface area contributed by atoms with Gasteiger partial charge in [-0.2, -0.15) is 4.31 Å².